The van der Waals surface area contributed by atoms with Gasteiger partial charge in [0, 0.05) is 48.5 Å². The standard InChI is InChI=1S/C22H27ClN4O/c23-19-8-4-6-17(14-19)21-22(25-10-9-24-21)18-7-5-11-26(15-18)16-20(28)27-12-2-1-3-13-27/h4,6,8-10,14,18H,1-3,5,7,11-13,15-16H2/t18-/m0/s1. The van der Waals surface area contributed by atoms with Crippen LogP contribution in [0.15, 0.2) is 36.7 Å². The van der Waals surface area contributed by atoms with E-state index in [4.69, 9.17) is 11.6 Å². The Morgan fingerprint density at radius 1 is 1.07 bits per heavy atom. The van der Waals surface area contributed by atoms with Gasteiger partial charge < -0.3 is 4.90 Å². The van der Waals surface area contributed by atoms with Crippen LogP contribution in [0.3, 0.4) is 0 Å². The number of amides is 1. The molecule has 1 amide bonds. The summed E-state index contributed by atoms with van der Waals surface area (Å²) in [5, 5.41) is 0.700. The van der Waals surface area contributed by atoms with Crippen LogP contribution in [-0.4, -0.2) is 58.4 Å². The van der Waals surface area contributed by atoms with Gasteiger partial charge in [-0.3, -0.25) is 19.7 Å². The van der Waals surface area contributed by atoms with Gasteiger partial charge in [-0.1, -0.05) is 23.7 Å². The average Bonchev–Trinajstić information content (AvgIpc) is 2.74. The van der Waals surface area contributed by atoms with Crippen molar-refractivity contribution in [2.24, 2.45) is 0 Å². The van der Waals surface area contributed by atoms with Crippen LogP contribution in [0.1, 0.15) is 43.7 Å². The molecule has 5 nitrogen and oxygen atoms in total. The molecule has 2 aliphatic heterocycles. The van der Waals surface area contributed by atoms with Crippen LogP contribution in [0.25, 0.3) is 11.3 Å². The molecule has 3 heterocycles. The van der Waals surface area contributed by atoms with Gasteiger partial charge in [0.2, 0.25) is 5.91 Å². The van der Waals surface area contributed by atoms with Gasteiger partial charge in [0.1, 0.15) is 0 Å². The fourth-order valence-corrected chi connectivity index (χ4v) is 4.55. The Hall–Kier alpha value is -1.98. The quantitative estimate of drug-likeness (QED) is 0.781. The van der Waals surface area contributed by atoms with Crippen LogP contribution >= 0.6 is 11.6 Å². The Kier molecular flexibility index (Phi) is 6.23. The minimum absolute atomic E-state index is 0.273. The summed E-state index contributed by atoms with van der Waals surface area (Å²) >= 11 is 6.19. The predicted molar refractivity (Wildman–Crippen MR) is 111 cm³/mol. The number of carbonyl (C=O) groups is 1. The van der Waals surface area contributed by atoms with Gasteiger partial charge in [-0.2, -0.15) is 0 Å². The van der Waals surface area contributed by atoms with Gasteiger partial charge >= 0.3 is 0 Å². The van der Waals surface area contributed by atoms with Gasteiger partial charge in [0.05, 0.1) is 17.9 Å². The molecule has 0 saturated carbocycles. The van der Waals surface area contributed by atoms with Gasteiger partial charge in [-0.05, 0) is 50.8 Å². The number of carbonyl (C=O) groups excluding carboxylic acids is 1. The number of benzene rings is 1. The summed E-state index contributed by atoms with van der Waals surface area (Å²) in [5.74, 6) is 0.556. The molecule has 0 unspecified atom stereocenters. The Morgan fingerprint density at radius 2 is 1.89 bits per heavy atom. The third-order valence-corrected chi connectivity index (χ3v) is 6.02. The van der Waals surface area contributed by atoms with Gasteiger partial charge in [0.15, 0.2) is 0 Å². The first-order valence-corrected chi connectivity index (χ1v) is 10.7. The fourth-order valence-electron chi connectivity index (χ4n) is 4.36. The molecule has 4 rings (SSSR count). The first-order valence-electron chi connectivity index (χ1n) is 10.3. The van der Waals surface area contributed by atoms with Crippen molar-refractivity contribution in [1.29, 1.82) is 0 Å². The lowest BCUT2D eigenvalue weighted by Gasteiger charge is -2.35. The molecule has 2 aliphatic rings. The highest BCUT2D eigenvalue weighted by Gasteiger charge is 2.28. The summed E-state index contributed by atoms with van der Waals surface area (Å²) in [4.78, 5) is 26.3. The highest BCUT2D eigenvalue weighted by Crippen LogP contribution is 2.32. The zero-order valence-electron chi connectivity index (χ0n) is 16.2. The molecule has 1 aromatic heterocycles. The Bertz CT molecular complexity index is 822. The van der Waals surface area contributed by atoms with Crippen LogP contribution in [0.4, 0.5) is 0 Å². The molecule has 28 heavy (non-hydrogen) atoms. The zero-order chi connectivity index (χ0) is 19.3. The SMILES string of the molecule is O=C(CN1CCC[C@H](c2nccnc2-c2cccc(Cl)c2)C1)N1CCCCC1. The van der Waals surface area contributed by atoms with E-state index < -0.39 is 0 Å². The molecule has 1 aromatic carbocycles. The molecule has 148 valence electrons. The molecule has 0 bridgehead atoms. The molecule has 0 aliphatic carbocycles. The van der Waals surface area contributed by atoms with E-state index in [1.54, 1.807) is 12.4 Å². The molecule has 0 N–H and O–H groups in total. The minimum Gasteiger partial charge on any atom is -0.342 e. The number of hydrogen-bond donors (Lipinski definition) is 0. The number of piperidine rings is 2. The normalized spacial score (nSPS) is 20.9. The van der Waals surface area contributed by atoms with Gasteiger partial charge in [-0.25, -0.2) is 0 Å². The van der Waals surface area contributed by atoms with Crippen molar-refractivity contribution in [3.05, 3.63) is 47.4 Å². The third-order valence-electron chi connectivity index (χ3n) is 5.78. The number of rotatable bonds is 4. The second kappa shape index (κ2) is 9.01. The van der Waals surface area contributed by atoms with E-state index in [1.165, 1.54) is 6.42 Å². The van der Waals surface area contributed by atoms with Crippen LogP contribution in [0, 0.1) is 0 Å². The number of likely N-dealkylation sites (tertiary alicyclic amines) is 2. The molecule has 2 aromatic rings. The van der Waals surface area contributed by atoms with Crippen molar-refractivity contribution >= 4 is 17.5 Å². The molecule has 0 spiro atoms. The zero-order valence-corrected chi connectivity index (χ0v) is 16.9. The number of hydrogen-bond acceptors (Lipinski definition) is 4. The van der Waals surface area contributed by atoms with E-state index in [9.17, 15) is 4.79 Å². The highest BCUT2D eigenvalue weighted by molar-refractivity contribution is 6.30. The third kappa shape index (κ3) is 4.53. The average molecular weight is 399 g/mol. The van der Waals surface area contributed by atoms with Crippen molar-refractivity contribution in [2.75, 3.05) is 32.7 Å². The highest BCUT2D eigenvalue weighted by atomic mass is 35.5. The van der Waals surface area contributed by atoms with E-state index in [0.717, 1.165) is 68.8 Å². The molecule has 0 radical (unpaired) electrons. The van der Waals surface area contributed by atoms with Gasteiger partial charge in [-0.15, -0.1) is 0 Å². The smallest absolute Gasteiger partial charge is 0.236 e. The second-order valence-electron chi connectivity index (χ2n) is 7.82. The summed E-state index contributed by atoms with van der Waals surface area (Å²) in [5.41, 5.74) is 2.91. The van der Waals surface area contributed by atoms with Crippen LogP contribution in [-0.2, 0) is 4.79 Å². The number of halogens is 1. The Labute approximate surface area is 171 Å². The second-order valence-corrected chi connectivity index (χ2v) is 8.25. The van der Waals surface area contributed by atoms with E-state index in [0.29, 0.717) is 11.6 Å². The summed E-state index contributed by atoms with van der Waals surface area (Å²) in [7, 11) is 0. The predicted octanol–water partition coefficient (Wildman–Crippen LogP) is 3.99. The molecule has 2 saturated heterocycles. The maximum Gasteiger partial charge on any atom is 0.236 e. The largest absolute Gasteiger partial charge is 0.342 e. The van der Waals surface area contributed by atoms with E-state index in [-0.39, 0.29) is 11.8 Å². The molecule has 2 fully saturated rings. The van der Waals surface area contributed by atoms with Gasteiger partial charge in [0.25, 0.3) is 0 Å². The van der Waals surface area contributed by atoms with Crippen LogP contribution in [0.5, 0.6) is 0 Å². The lowest BCUT2D eigenvalue weighted by atomic mass is 9.91. The summed E-state index contributed by atoms with van der Waals surface area (Å²) in [6.07, 6.45) is 9.16. The Balaban J connectivity index is 1.48. The van der Waals surface area contributed by atoms with Crippen molar-refractivity contribution in [3.63, 3.8) is 0 Å². The molecular weight excluding hydrogens is 372 g/mol. The van der Waals surface area contributed by atoms with Crippen molar-refractivity contribution in [2.45, 2.75) is 38.0 Å². The van der Waals surface area contributed by atoms with Crippen LogP contribution < -0.4 is 0 Å². The Morgan fingerprint density at radius 3 is 2.71 bits per heavy atom. The van der Waals surface area contributed by atoms with E-state index in [2.05, 4.69) is 14.9 Å². The summed E-state index contributed by atoms with van der Waals surface area (Å²) in [6, 6.07) is 7.78. The maximum atomic E-state index is 12.7. The van der Waals surface area contributed by atoms with Crippen molar-refractivity contribution in [3.8, 4) is 11.3 Å². The maximum absolute atomic E-state index is 12.7. The first-order chi connectivity index (χ1) is 13.7. The minimum atomic E-state index is 0.273. The van der Waals surface area contributed by atoms with Crippen molar-refractivity contribution < 1.29 is 4.79 Å². The number of aromatic nitrogens is 2. The lowest BCUT2D eigenvalue weighted by Crippen LogP contribution is -2.45. The van der Waals surface area contributed by atoms with E-state index in [1.807, 2.05) is 29.2 Å². The number of nitrogens with zero attached hydrogens (tertiary/aromatic N) is 4. The summed E-state index contributed by atoms with van der Waals surface area (Å²) < 4.78 is 0. The van der Waals surface area contributed by atoms with E-state index >= 15 is 0 Å². The molecular formula is C22H27ClN4O. The fraction of sp³-hybridized carbons (Fsp3) is 0.500. The van der Waals surface area contributed by atoms with Crippen LogP contribution in [0.2, 0.25) is 5.02 Å². The van der Waals surface area contributed by atoms with Crippen molar-refractivity contribution in [1.82, 2.24) is 19.8 Å². The molecule has 1 atom stereocenters. The summed E-state index contributed by atoms with van der Waals surface area (Å²) in [6.45, 7) is 4.18. The first kappa shape index (κ1) is 19.3. The monoisotopic (exact) mass is 398 g/mol. The molecule has 6 heteroatoms. The topological polar surface area (TPSA) is 49.3 Å². The lowest BCUT2D eigenvalue weighted by molar-refractivity contribution is -0.133.